The molecule has 0 N–H and O–H groups in total. The number of rotatable bonds is 4. The van der Waals surface area contributed by atoms with E-state index < -0.39 is 0 Å². The van der Waals surface area contributed by atoms with Gasteiger partial charge in [-0.2, -0.15) is 0 Å². The van der Waals surface area contributed by atoms with Crippen molar-refractivity contribution in [3.63, 3.8) is 0 Å². The molecule has 148 valence electrons. The molecule has 2 aromatic rings. The molecule has 2 fully saturated rings. The van der Waals surface area contributed by atoms with Crippen LogP contribution in [0.4, 0.5) is 11.6 Å². The Morgan fingerprint density at radius 2 is 1.04 bits per heavy atom. The van der Waals surface area contributed by atoms with Crippen molar-refractivity contribution < 1.29 is 4.79 Å². The number of anilines is 2. The van der Waals surface area contributed by atoms with Gasteiger partial charge in [0, 0.05) is 52.4 Å². The van der Waals surface area contributed by atoms with Crippen molar-refractivity contribution in [3.8, 4) is 0 Å². The number of carbonyl (C=O) groups excluding carboxylic acids is 1. The lowest BCUT2D eigenvalue weighted by Crippen LogP contribution is -2.44. The molecule has 4 rings (SSSR count). The van der Waals surface area contributed by atoms with Crippen LogP contribution in [0.5, 0.6) is 0 Å². The Balaban J connectivity index is 1.41. The Kier molecular flexibility index (Phi) is 5.45. The third kappa shape index (κ3) is 4.10. The summed E-state index contributed by atoms with van der Waals surface area (Å²) in [7, 11) is 4.22. The molecule has 2 saturated heterocycles. The zero-order valence-electron chi connectivity index (χ0n) is 16.5. The van der Waals surface area contributed by atoms with Crippen LogP contribution in [0.2, 0.25) is 0 Å². The smallest absolute Gasteiger partial charge is 0.232 e. The number of hydrogen-bond acceptors (Lipinski definition) is 9. The second-order valence-corrected chi connectivity index (χ2v) is 7.43. The molecule has 2 aromatic heterocycles. The van der Waals surface area contributed by atoms with Crippen LogP contribution < -0.4 is 9.80 Å². The number of carbonyl (C=O) groups is 1. The Morgan fingerprint density at radius 1 is 0.643 bits per heavy atom. The summed E-state index contributed by atoms with van der Waals surface area (Å²) in [5.41, 5.74) is 0.582. The topological polar surface area (TPSA) is 81.6 Å². The van der Waals surface area contributed by atoms with E-state index in [4.69, 9.17) is 0 Å². The lowest BCUT2D eigenvalue weighted by molar-refractivity contribution is 0.102. The summed E-state index contributed by atoms with van der Waals surface area (Å²) in [6, 6.07) is 0. The van der Waals surface area contributed by atoms with Gasteiger partial charge in [0.15, 0.2) is 0 Å². The first-order chi connectivity index (χ1) is 13.6. The standard InChI is InChI=1S/C19H26N8O/c1-24-3-7-26(8-4-24)17-13-20-15(11-22-17)19(28)16-12-23-18(14-21-16)27-9-5-25(2)6-10-27/h11-14H,3-10H2,1-2H3. The molecule has 2 aliphatic rings. The summed E-state index contributed by atoms with van der Waals surface area (Å²) in [6.45, 7) is 7.65. The zero-order chi connectivity index (χ0) is 19.5. The lowest BCUT2D eigenvalue weighted by Gasteiger charge is -2.33. The van der Waals surface area contributed by atoms with Crippen molar-refractivity contribution in [1.29, 1.82) is 0 Å². The fourth-order valence-corrected chi connectivity index (χ4v) is 3.41. The first kappa shape index (κ1) is 18.7. The Hall–Kier alpha value is -2.65. The largest absolute Gasteiger partial charge is 0.353 e. The van der Waals surface area contributed by atoms with E-state index in [1.807, 2.05) is 0 Å². The SMILES string of the molecule is CN1CCN(c2cnc(C(=O)c3cnc(N4CCN(C)CC4)cn3)cn2)CC1. The number of ketones is 1. The first-order valence-electron chi connectivity index (χ1n) is 9.66. The summed E-state index contributed by atoms with van der Waals surface area (Å²) in [5, 5.41) is 0. The van der Waals surface area contributed by atoms with E-state index in [1.54, 1.807) is 12.4 Å². The fourth-order valence-electron chi connectivity index (χ4n) is 3.41. The molecule has 0 aromatic carbocycles. The van der Waals surface area contributed by atoms with E-state index >= 15 is 0 Å². The van der Waals surface area contributed by atoms with E-state index in [-0.39, 0.29) is 5.78 Å². The minimum Gasteiger partial charge on any atom is -0.353 e. The quantitative estimate of drug-likeness (QED) is 0.679. The van der Waals surface area contributed by atoms with Gasteiger partial charge in [-0.25, -0.2) is 19.9 Å². The van der Waals surface area contributed by atoms with Crippen LogP contribution in [0, 0.1) is 0 Å². The van der Waals surface area contributed by atoms with Crippen molar-refractivity contribution >= 4 is 17.4 Å². The van der Waals surface area contributed by atoms with Crippen LogP contribution in [-0.4, -0.2) is 102 Å². The maximum Gasteiger partial charge on any atom is 0.232 e. The van der Waals surface area contributed by atoms with Crippen LogP contribution >= 0.6 is 0 Å². The summed E-state index contributed by atoms with van der Waals surface area (Å²) in [6.07, 6.45) is 6.41. The van der Waals surface area contributed by atoms with E-state index in [0.29, 0.717) is 11.4 Å². The van der Waals surface area contributed by atoms with E-state index in [2.05, 4.69) is 53.6 Å². The van der Waals surface area contributed by atoms with Gasteiger partial charge in [-0.05, 0) is 14.1 Å². The predicted octanol–water partition coefficient (Wildman–Crippen LogP) is 0.00120. The molecule has 0 saturated carbocycles. The summed E-state index contributed by atoms with van der Waals surface area (Å²) in [4.78, 5) is 39.1. The number of likely N-dealkylation sites (N-methyl/N-ethyl adjacent to an activating group) is 2. The van der Waals surface area contributed by atoms with Gasteiger partial charge in [0.05, 0.1) is 24.8 Å². The van der Waals surface area contributed by atoms with Crippen molar-refractivity contribution in [3.05, 3.63) is 36.2 Å². The third-order valence-electron chi connectivity index (χ3n) is 5.40. The van der Waals surface area contributed by atoms with Gasteiger partial charge in [0.2, 0.25) is 5.78 Å². The van der Waals surface area contributed by atoms with Crippen LogP contribution in [0.1, 0.15) is 16.2 Å². The first-order valence-corrected chi connectivity index (χ1v) is 9.66. The third-order valence-corrected chi connectivity index (χ3v) is 5.40. The molecule has 0 amide bonds. The molecule has 9 nitrogen and oxygen atoms in total. The Morgan fingerprint density at radius 3 is 1.36 bits per heavy atom. The summed E-state index contributed by atoms with van der Waals surface area (Å²) >= 11 is 0. The minimum absolute atomic E-state index is 0.255. The average molecular weight is 382 g/mol. The average Bonchev–Trinajstić information content (AvgIpc) is 2.75. The molecule has 4 heterocycles. The second-order valence-electron chi connectivity index (χ2n) is 7.43. The van der Waals surface area contributed by atoms with E-state index in [1.165, 1.54) is 12.4 Å². The Labute approximate surface area is 165 Å². The van der Waals surface area contributed by atoms with Crippen molar-refractivity contribution in [2.45, 2.75) is 0 Å². The molecule has 0 unspecified atom stereocenters. The molecule has 28 heavy (non-hydrogen) atoms. The normalized spacial score (nSPS) is 19.1. The minimum atomic E-state index is -0.255. The van der Waals surface area contributed by atoms with Crippen molar-refractivity contribution in [2.24, 2.45) is 0 Å². The van der Waals surface area contributed by atoms with Gasteiger partial charge < -0.3 is 19.6 Å². The molecule has 0 aliphatic carbocycles. The highest BCUT2D eigenvalue weighted by Crippen LogP contribution is 2.15. The predicted molar refractivity (Wildman–Crippen MR) is 107 cm³/mol. The fraction of sp³-hybridized carbons (Fsp3) is 0.526. The van der Waals surface area contributed by atoms with Gasteiger partial charge >= 0.3 is 0 Å². The van der Waals surface area contributed by atoms with Crippen LogP contribution in [0.25, 0.3) is 0 Å². The molecule has 0 radical (unpaired) electrons. The molecule has 2 aliphatic heterocycles. The maximum atomic E-state index is 12.7. The number of aromatic nitrogens is 4. The number of hydrogen-bond donors (Lipinski definition) is 0. The molecule has 0 spiro atoms. The van der Waals surface area contributed by atoms with Crippen molar-refractivity contribution in [1.82, 2.24) is 29.7 Å². The van der Waals surface area contributed by atoms with Crippen LogP contribution in [0.3, 0.4) is 0 Å². The molecule has 0 atom stereocenters. The monoisotopic (exact) mass is 382 g/mol. The highest BCUT2D eigenvalue weighted by Gasteiger charge is 2.19. The molecular weight excluding hydrogens is 356 g/mol. The number of nitrogens with zero attached hydrogens (tertiary/aromatic N) is 8. The van der Waals surface area contributed by atoms with Crippen LogP contribution in [0.15, 0.2) is 24.8 Å². The summed E-state index contributed by atoms with van der Waals surface area (Å²) < 4.78 is 0. The van der Waals surface area contributed by atoms with Gasteiger partial charge in [-0.15, -0.1) is 0 Å². The van der Waals surface area contributed by atoms with Gasteiger partial charge in [-0.3, -0.25) is 4.79 Å². The number of piperazine rings is 2. The summed E-state index contributed by atoms with van der Waals surface area (Å²) in [5.74, 6) is 1.36. The highest BCUT2D eigenvalue weighted by atomic mass is 16.1. The van der Waals surface area contributed by atoms with E-state index in [0.717, 1.165) is 64.0 Å². The Bertz CT molecular complexity index is 726. The maximum absolute atomic E-state index is 12.7. The molecule has 0 bridgehead atoms. The molecule has 9 heteroatoms. The van der Waals surface area contributed by atoms with Gasteiger partial charge in [-0.1, -0.05) is 0 Å². The zero-order valence-corrected chi connectivity index (χ0v) is 16.5. The van der Waals surface area contributed by atoms with Crippen LogP contribution in [-0.2, 0) is 0 Å². The molecular formula is C19H26N8O. The van der Waals surface area contributed by atoms with Gasteiger partial charge in [0.25, 0.3) is 0 Å². The van der Waals surface area contributed by atoms with Crippen molar-refractivity contribution in [2.75, 3.05) is 76.3 Å². The van der Waals surface area contributed by atoms with Gasteiger partial charge in [0.1, 0.15) is 23.0 Å². The highest BCUT2D eigenvalue weighted by molar-refractivity contribution is 6.06. The lowest BCUT2D eigenvalue weighted by atomic mass is 10.2. The second kappa shape index (κ2) is 8.15. The van der Waals surface area contributed by atoms with E-state index in [9.17, 15) is 4.79 Å².